The monoisotopic (exact) mass is 275 g/mol. The van der Waals surface area contributed by atoms with Gasteiger partial charge in [-0.3, -0.25) is 4.79 Å². The minimum Gasteiger partial charge on any atom is -0.362 e. The molecule has 0 aromatic heterocycles. The highest BCUT2D eigenvalue weighted by Gasteiger charge is 2.21. The lowest BCUT2D eigenvalue weighted by atomic mass is 9.99. The number of aryl methyl sites for hydroxylation is 1. The molecule has 0 bridgehead atoms. The fraction of sp³-hybridized carbons (Fsp3) is 0.562. The summed E-state index contributed by atoms with van der Waals surface area (Å²) in [6.45, 7) is 7.63. The topological polar surface area (TPSA) is 49.6 Å². The molecule has 110 valence electrons. The molecule has 0 spiro atoms. The number of fused-ring (bicyclic) bond motifs is 1. The lowest BCUT2D eigenvalue weighted by Crippen LogP contribution is -2.42. The van der Waals surface area contributed by atoms with Crippen LogP contribution in [-0.4, -0.2) is 37.0 Å². The van der Waals surface area contributed by atoms with Crippen molar-refractivity contribution in [3.05, 3.63) is 29.3 Å². The fourth-order valence-electron chi connectivity index (χ4n) is 2.86. The third kappa shape index (κ3) is 3.12. The Morgan fingerprint density at radius 1 is 1.35 bits per heavy atom. The van der Waals surface area contributed by atoms with Gasteiger partial charge in [0.15, 0.2) is 0 Å². The van der Waals surface area contributed by atoms with Gasteiger partial charge in [-0.2, -0.15) is 0 Å². The van der Waals surface area contributed by atoms with Crippen LogP contribution in [0.25, 0.3) is 0 Å². The number of hydrogen-bond acceptors (Lipinski definition) is 3. The van der Waals surface area contributed by atoms with Gasteiger partial charge in [0, 0.05) is 31.9 Å². The van der Waals surface area contributed by atoms with Crippen LogP contribution in [0.3, 0.4) is 0 Å². The summed E-state index contributed by atoms with van der Waals surface area (Å²) in [4.78, 5) is 16.4. The van der Waals surface area contributed by atoms with Gasteiger partial charge in [0.05, 0.1) is 6.54 Å². The summed E-state index contributed by atoms with van der Waals surface area (Å²) in [5.41, 5.74) is 9.40. The molecule has 1 aliphatic heterocycles. The molecule has 1 aliphatic rings. The van der Waals surface area contributed by atoms with Crippen molar-refractivity contribution >= 4 is 11.6 Å². The molecule has 0 atom stereocenters. The average molecular weight is 275 g/mol. The van der Waals surface area contributed by atoms with Crippen molar-refractivity contribution in [2.24, 2.45) is 5.73 Å². The molecule has 0 radical (unpaired) electrons. The number of rotatable bonds is 5. The van der Waals surface area contributed by atoms with E-state index >= 15 is 0 Å². The summed E-state index contributed by atoms with van der Waals surface area (Å²) >= 11 is 0. The van der Waals surface area contributed by atoms with E-state index in [-0.39, 0.29) is 5.91 Å². The molecular formula is C16H25N3O. The number of nitrogens with zero attached hydrogens (tertiary/aromatic N) is 2. The zero-order valence-corrected chi connectivity index (χ0v) is 12.6. The number of nitrogens with two attached hydrogens (primary N) is 1. The Hall–Kier alpha value is -1.55. The molecule has 0 saturated carbocycles. The summed E-state index contributed by atoms with van der Waals surface area (Å²) in [6, 6.07) is 6.37. The van der Waals surface area contributed by atoms with E-state index in [9.17, 15) is 4.79 Å². The normalized spacial score (nSPS) is 14.1. The number of likely N-dealkylation sites (N-methyl/N-ethyl adjacent to an activating group) is 1. The maximum Gasteiger partial charge on any atom is 0.242 e. The van der Waals surface area contributed by atoms with Crippen molar-refractivity contribution in [1.82, 2.24) is 4.90 Å². The molecule has 0 unspecified atom stereocenters. The van der Waals surface area contributed by atoms with E-state index in [0.29, 0.717) is 13.1 Å². The summed E-state index contributed by atoms with van der Waals surface area (Å²) < 4.78 is 0. The van der Waals surface area contributed by atoms with Gasteiger partial charge in [-0.15, -0.1) is 0 Å². The predicted molar refractivity (Wildman–Crippen MR) is 82.8 cm³/mol. The number of hydrogen-bond donors (Lipinski definition) is 1. The Balaban J connectivity index is 2.14. The van der Waals surface area contributed by atoms with Crippen LogP contribution in [0.5, 0.6) is 0 Å². The van der Waals surface area contributed by atoms with Crippen LogP contribution < -0.4 is 10.6 Å². The van der Waals surface area contributed by atoms with Gasteiger partial charge < -0.3 is 15.5 Å². The highest BCUT2D eigenvalue weighted by Crippen LogP contribution is 2.27. The van der Waals surface area contributed by atoms with Crippen molar-refractivity contribution < 1.29 is 4.79 Å². The van der Waals surface area contributed by atoms with Crippen molar-refractivity contribution in [3.63, 3.8) is 0 Å². The second-order valence-electron chi connectivity index (χ2n) is 5.26. The van der Waals surface area contributed by atoms with Crippen LogP contribution >= 0.6 is 0 Å². The van der Waals surface area contributed by atoms with E-state index in [1.54, 1.807) is 0 Å². The summed E-state index contributed by atoms with van der Waals surface area (Å²) in [5.74, 6) is 0.214. The van der Waals surface area contributed by atoms with Crippen LogP contribution in [0.2, 0.25) is 0 Å². The minimum absolute atomic E-state index is 0.214. The van der Waals surface area contributed by atoms with Gasteiger partial charge in [-0.05, 0) is 43.9 Å². The van der Waals surface area contributed by atoms with E-state index in [2.05, 4.69) is 23.1 Å². The van der Waals surface area contributed by atoms with Gasteiger partial charge in [-0.25, -0.2) is 0 Å². The minimum atomic E-state index is 0.214. The Labute approximate surface area is 121 Å². The number of benzene rings is 1. The van der Waals surface area contributed by atoms with Crippen LogP contribution in [0.1, 0.15) is 31.4 Å². The van der Waals surface area contributed by atoms with Crippen molar-refractivity contribution in [2.75, 3.05) is 31.1 Å². The third-order valence-corrected chi connectivity index (χ3v) is 4.04. The maximum atomic E-state index is 12.3. The quantitative estimate of drug-likeness (QED) is 0.891. The molecule has 1 heterocycles. The van der Waals surface area contributed by atoms with Crippen molar-refractivity contribution in [3.8, 4) is 0 Å². The summed E-state index contributed by atoms with van der Waals surface area (Å²) in [5, 5.41) is 0. The lowest BCUT2D eigenvalue weighted by Gasteiger charge is -2.32. The zero-order chi connectivity index (χ0) is 14.5. The molecule has 4 nitrogen and oxygen atoms in total. The maximum absolute atomic E-state index is 12.3. The second kappa shape index (κ2) is 6.75. The Bertz CT molecular complexity index is 469. The second-order valence-corrected chi connectivity index (χ2v) is 5.26. The van der Waals surface area contributed by atoms with E-state index < -0.39 is 0 Å². The van der Waals surface area contributed by atoms with E-state index in [4.69, 9.17) is 5.73 Å². The summed E-state index contributed by atoms with van der Waals surface area (Å²) in [7, 11) is 0. The van der Waals surface area contributed by atoms with Crippen molar-refractivity contribution in [2.45, 2.75) is 33.2 Å². The number of anilines is 1. The van der Waals surface area contributed by atoms with Gasteiger partial charge in [-0.1, -0.05) is 12.1 Å². The Morgan fingerprint density at radius 2 is 2.10 bits per heavy atom. The summed E-state index contributed by atoms with van der Waals surface area (Å²) in [6.07, 6.45) is 2.19. The fourth-order valence-corrected chi connectivity index (χ4v) is 2.86. The molecular weight excluding hydrogens is 250 g/mol. The smallest absolute Gasteiger partial charge is 0.242 e. The number of carbonyl (C=O) groups excluding carboxylic acids is 1. The van der Waals surface area contributed by atoms with Crippen LogP contribution in [-0.2, 0) is 17.8 Å². The Kier molecular flexibility index (Phi) is 5.01. The largest absolute Gasteiger partial charge is 0.362 e. The third-order valence-electron chi connectivity index (χ3n) is 4.04. The first-order valence-corrected chi connectivity index (χ1v) is 7.54. The molecule has 0 aliphatic carbocycles. The molecule has 1 amide bonds. The first-order valence-electron chi connectivity index (χ1n) is 7.54. The number of amides is 1. The SMILES string of the molecule is CCN(CC)C(=O)CN1CCCc2cc(CN)ccc21. The molecule has 20 heavy (non-hydrogen) atoms. The van der Waals surface area contributed by atoms with Gasteiger partial charge in [0.1, 0.15) is 0 Å². The van der Waals surface area contributed by atoms with Gasteiger partial charge >= 0.3 is 0 Å². The molecule has 1 aromatic carbocycles. The van der Waals surface area contributed by atoms with E-state index in [1.165, 1.54) is 16.8 Å². The van der Waals surface area contributed by atoms with Crippen LogP contribution in [0.15, 0.2) is 18.2 Å². The van der Waals surface area contributed by atoms with E-state index in [1.807, 2.05) is 18.7 Å². The average Bonchev–Trinajstić information content (AvgIpc) is 2.48. The van der Waals surface area contributed by atoms with Crippen molar-refractivity contribution in [1.29, 1.82) is 0 Å². The van der Waals surface area contributed by atoms with Gasteiger partial charge in [0.25, 0.3) is 0 Å². The molecule has 1 aromatic rings. The first-order chi connectivity index (χ1) is 9.69. The van der Waals surface area contributed by atoms with Gasteiger partial charge in [0.2, 0.25) is 5.91 Å². The number of carbonyl (C=O) groups is 1. The molecule has 0 saturated heterocycles. The highest BCUT2D eigenvalue weighted by molar-refractivity contribution is 5.82. The Morgan fingerprint density at radius 3 is 2.75 bits per heavy atom. The van der Waals surface area contributed by atoms with E-state index in [0.717, 1.165) is 32.5 Å². The molecule has 4 heteroatoms. The molecule has 2 rings (SSSR count). The van der Waals surface area contributed by atoms with Crippen LogP contribution in [0.4, 0.5) is 5.69 Å². The highest BCUT2D eigenvalue weighted by atomic mass is 16.2. The molecule has 0 fully saturated rings. The lowest BCUT2D eigenvalue weighted by molar-refractivity contribution is -0.129. The zero-order valence-electron chi connectivity index (χ0n) is 12.6. The predicted octanol–water partition coefficient (Wildman–Crippen LogP) is 1.77. The standard InChI is InChI=1S/C16H25N3O/c1-3-18(4-2)16(20)12-19-9-5-6-14-10-13(11-17)7-8-15(14)19/h7-8,10H,3-6,9,11-12,17H2,1-2H3. The molecule has 2 N–H and O–H groups in total. The first kappa shape index (κ1) is 14.9. The van der Waals surface area contributed by atoms with Crippen LogP contribution in [0, 0.1) is 0 Å².